The first-order valence-corrected chi connectivity index (χ1v) is 8.56. The Bertz CT molecular complexity index is 1130. The number of aromatic hydroxyl groups is 1. The van der Waals surface area contributed by atoms with Gasteiger partial charge in [0, 0.05) is 12.2 Å². The van der Waals surface area contributed by atoms with Crippen LogP contribution >= 0.6 is 0 Å². The Hall–Kier alpha value is -3.17. The number of rotatable bonds is 4. The predicted octanol–water partition coefficient (Wildman–Crippen LogP) is 4.71. The molecule has 2 N–H and O–H groups in total. The number of phenols is 1. The van der Waals surface area contributed by atoms with Gasteiger partial charge < -0.3 is 10.2 Å². The standard InChI is InChI=1S/C23H18O3/c24-12-11-20-18-8-2-1-5-15(18)13-16-6-3-9-19(22(16)20)21-10-4-7-17(14-25)23(21)26/h1-10,13-14,24,26H,11-12H2. The quantitative estimate of drug-likeness (QED) is 0.417. The zero-order valence-electron chi connectivity index (χ0n) is 14.1. The molecule has 0 aliphatic rings. The molecule has 0 heterocycles. The topological polar surface area (TPSA) is 57.5 Å². The summed E-state index contributed by atoms with van der Waals surface area (Å²) in [5.74, 6) is -0.0156. The largest absolute Gasteiger partial charge is 0.507 e. The van der Waals surface area contributed by atoms with Crippen LogP contribution in [0.4, 0.5) is 0 Å². The zero-order valence-corrected chi connectivity index (χ0v) is 14.1. The molecule has 0 saturated heterocycles. The van der Waals surface area contributed by atoms with Crippen LogP contribution in [0.3, 0.4) is 0 Å². The van der Waals surface area contributed by atoms with Gasteiger partial charge in [-0.15, -0.1) is 0 Å². The van der Waals surface area contributed by atoms with Crippen LogP contribution in [0.5, 0.6) is 5.75 Å². The van der Waals surface area contributed by atoms with Crippen LogP contribution in [0.2, 0.25) is 0 Å². The van der Waals surface area contributed by atoms with E-state index in [1.807, 2.05) is 36.4 Å². The number of phenolic OH excluding ortho intramolecular Hbond substituents is 1. The summed E-state index contributed by atoms with van der Waals surface area (Å²) in [5, 5.41) is 24.4. The molecule has 4 rings (SSSR count). The SMILES string of the molecule is O=Cc1cccc(-c2cccc3cc4ccccc4c(CCO)c23)c1O. The molecular weight excluding hydrogens is 324 g/mol. The Morgan fingerprint density at radius 2 is 1.58 bits per heavy atom. The third kappa shape index (κ3) is 2.54. The molecule has 3 heteroatoms. The third-order valence-corrected chi connectivity index (χ3v) is 4.84. The van der Waals surface area contributed by atoms with Crippen molar-refractivity contribution in [2.45, 2.75) is 6.42 Å². The first kappa shape index (κ1) is 16.3. The minimum absolute atomic E-state index is 0.0156. The van der Waals surface area contributed by atoms with E-state index in [2.05, 4.69) is 18.2 Å². The molecule has 0 spiro atoms. The van der Waals surface area contributed by atoms with Gasteiger partial charge in [-0.05, 0) is 51.2 Å². The molecule has 0 saturated carbocycles. The van der Waals surface area contributed by atoms with Gasteiger partial charge in [0.05, 0.1) is 5.56 Å². The smallest absolute Gasteiger partial charge is 0.153 e. The maximum absolute atomic E-state index is 11.2. The van der Waals surface area contributed by atoms with Crippen molar-refractivity contribution in [1.82, 2.24) is 0 Å². The number of hydrogen-bond acceptors (Lipinski definition) is 3. The molecule has 0 fully saturated rings. The Morgan fingerprint density at radius 1 is 0.846 bits per heavy atom. The van der Waals surface area contributed by atoms with Crippen molar-refractivity contribution in [1.29, 1.82) is 0 Å². The minimum atomic E-state index is -0.0156. The van der Waals surface area contributed by atoms with Gasteiger partial charge in [0.15, 0.2) is 6.29 Å². The van der Waals surface area contributed by atoms with E-state index in [0.29, 0.717) is 18.3 Å². The van der Waals surface area contributed by atoms with Crippen LogP contribution in [-0.2, 0) is 6.42 Å². The lowest BCUT2D eigenvalue weighted by atomic mass is 9.89. The maximum atomic E-state index is 11.2. The fourth-order valence-corrected chi connectivity index (χ4v) is 3.70. The van der Waals surface area contributed by atoms with E-state index in [1.165, 1.54) is 0 Å². The molecule has 0 aliphatic heterocycles. The van der Waals surface area contributed by atoms with Gasteiger partial charge in [0.25, 0.3) is 0 Å². The second kappa shape index (κ2) is 6.62. The highest BCUT2D eigenvalue weighted by molar-refractivity contribution is 6.09. The summed E-state index contributed by atoms with van der Waals surface area (Å²) in [6, 6.07) is 21.3. The number of carbonyl (C=O) groups is 1. The van der Waals surface area contributed by atoms with Crippen LogP contribution < -0.4 is 0 Å². The van der Waals surface area contributed by atoms with Crippen molar-refractivity contribution in [2.24, 2.45) is 0 Å². The van der Waals surface area contributed by atoms with Gasteiger partial charge in [0.1, 0.15) is 5.75 Å². The Morgan fingerprint density at radius 3 is 2.38 bits per heavy atom. The van der Waals surface area contributed by atoms with E-state index in [9.17, 15) is 15.0 Å². The van der Waals surface area contributed by atoms with Crippen LogP contribution in [0.15, 0.2) is 66.7 Å². The molecule has 0 bridgehead atoms. The van der Waals surface area contributed by atoms with Crippen LogP contribution in [0.1, 0.15) is 15.9 Å². The van der Waals surface area contributed by atoms with E-state index < -0.39 is 0 Å². The first-order valence-electron chi connectivity index (χ1n) is 8.56. The average molecular weight is 342 g/mol. The Labute approximate surface area is 151 Å². The molecule has 4 aromatic rings. The van der Waals surface area contributed by atoms with Crippen molar-refractivity contribution < 1.29 is 15.0 Å². The number of hydrogen-bond donors (Lipinski definition) is 2. The number of fused-ring (bicyclic) bond motifs is 2. The molecule has 0 atom stereocenters. The first-order chi connectivity index (χ1) is 12.7. The highest BCUT2D eigenvalue weighted by Crippen LogP contribution is 2.40. The van der Waals surface area contributed by atoms with Crippen molar-refractivity contribution in [3.05, 3.63) is 77.9 Å². The molecule has 0 unspecified atom stereocenters. The van der Waals surface area contributed by atoms with Crippen LogP contribution in [-0.4, -0.2) is 23.1 Å². The van der Waals surface area contributed by atoms with E-state index in [0.717, 1.165) is 32.7 Å². The van der Waals surface area contributed by atoms with E-state index >= 15 is 0 Å². The summed E-state index contributed by atoms with van der Waals surface area (Å²) in [6.45, 7) is 0.0395. The maximum Gasteiger partial charge on any atom is 0.153 e. The molecule has 0 aliphatic carbocycles. The summed E-state index contributed by atoms with van der Waals surface area (Å²) in [6.07, 6.45) is 1.18. The summed E-state index contributed by atoms with van der Waals surface area (Å²) in [4.78, 5) is 11.2. The second-order valence-corrected chi connectivity index (χ2v) is 6.31. The van der Waals surface area contributed by atoms with Gasteiger partial charge in [-0.2, -0.15) is 0 Å². The van der Waals surface area contributed by atoms with E-state index in [1.54, 1.807) is 12.1 Å². The average Bonchev–Trinajstić information content (AvgIpc) is 2.67. The highest BCUT2D eigenvalue weighted by atomic mass is 16.3. The third-order valence-electron chi connectivity index (χ3n) is 4.84. The molecule has 4 aromatic carbocycles. The van der Waals surface area contributed by atoms with Gasteiger partial charge in [-0.1, -0.05) is 54.6 Å². The molecule has 0 aromatic heterocycles. The van der Waals surface area contributed by atoms with Crippen molar-refractivity contribution in [3.63, 3.8) is 0 Å². The number of benzene rings is 4. The lowest BCUT2D eigenvalue weighted by Crippen LogP contribution is -1.96. The number of para-hydroxylation sites is 1. The van der Waals surface area contributed by atoms with Gasteiger partial charge in [-0.3, -0.25) is 4.79 Å². The lowest BCUT2D eigenvalue weighted by molar-refractivity contribution is 0.112. The molecule has 0 radical (unpaired) electrons. The zero-order chi connectivity index (χ0) is 18.1. The highest BCUT2D eigenvalue weighted by Gasteiger charge is 2.15. The number of aliphatic hydroxyl groups excluding tert-OH is 1. The van der Waals surface area contributed by atoms with Gasteiger partial charge >= 0.3 is 0 Å². The van der Waals surface area contributed by atoms with Crippen molar-refractivity contribution in [2.75, 3.05) is 6.61 Å². The summed E-state index contributed by atoms with van der Waals surface area (Å²) >= 11 is 0. The molecule has 3 nitrogen and oxygen atoms in total. The Balaban J connectivity index is 2.15. The van der Waals surface area contributed by atoms with Crippen molar-refractivity contribution in [3.8, 4) is 16.9 Å². The van der Waals surface area contributed by atoms with Gasteiger partial charge in [-0.25, -0.2) is 0 Å². The number of aliphatic hydroxyl groups is 1. The summed E-state index contributed by atoms with van der Waals surface area (Å²) < 4.78 is 0. The molecule has 26 heavy (non-hydrogen) atoms. The predicted molar refractivity (Wildman–Crippen MR) is 105 cm³/mol. The molecular formula is C23H18O3. The number of aldehydes is 1. The number of carbonyl (C=O) groups excluding carboxylic acids is 1. The van der Waals surface area contributed by atoms with Crippen molar-refractivity contribution >= 4 is 27.8 Å². The second-order valence-electron chi connectivity index (χ2n) is 6.31. The Kier molecular flexibility index (Phi) is 4.15. The van der Waals surface area contributed by atoms with E-state index in [-0.39, 0.29) is 17.9 Å². The lowest BCUT2D eigenvalue weighted by Gasteiger charge is -2.16. The monoisotopic (exact) mass is 342 g/mol. The fourth-order valence-electron chi connectivity index (χ4n) is 3.70. The minimum Gasteiger partial charge on any atom is -0.507 e. The molecule has 0 amide bonds. The molecule has 128 valence electrons. The normalized spacial score (nSPS) is 11.1. The van der Waals surface area contributed by atoms with Gasteiger partial charge in [0.2, 0.25) is 0 Å². The van der Waals surface area contributed by atoms with E-state index in [4.69, 9.17) is 0 Å². The van der Waals surface area contributed by atoms with Crippen LogP contribution in [0.25, 0.3) is 32.7 Å². The summed E-state index contributed by atoms with van der Waals surface area (Å²) in [5.41, 5.74) is 2.80. The fraction of sp³-hybridized carbons (Fsp3) is 0.0870. The van der Waals surface area contributed by atoms with Crippen LogP contribution in [0, 0.1) is 0 Å². The summed E-state index contributed by atoms with van der Waals surface area (Å²) in [7, 11) is 0.